The Hall–Kier alpha value is -3.74. The van der Waals surface area contributed by atoms with Crippen molar-refractivity contribution in [1.29, 1.82) is 0 Å². The van der Waals surface area contributed by atoms with Crippen molar-refractivity contribution >= 4 is 28.6 Å². The molecule has 0 bridgehead atoms. The third kappa shape index (κ3) is 3.84. The lowest BCUT2D eigenvalue weighted by atomic mass is 10.0. The lowest BCUT2D eigenvalue weighted by Crippen LogP contribution is -2.19. The molecule has 0 spiro atoms. The number of hydrogen-bond acceptors (Lipinski definition) is 5. The predicted octanol–water partition coefficient (Wildman–Crippen LogP) is 3.15. The van der Waals surface area contributed by atoms with Gasteiger partial charge in [0.2, 0.25) is 5.91 Å². The maximum absolute atomic E-state index is 11.9. The molecule has 0 aliphatic heterocycles. The number of benzene rings is 3. The summed E-state index contributed by atoms with van der Waals surface area (Å²) in [4.78, 5) is 22.3. The summed E-state index contributed by atoms with van der Waals surface area (Å²) in [7, 11) is 0. The smallest absolute Gasteiger partial charge is 0.270 e. The molecule has 0 saturated carbocycles. The fourth-order valence-electron chi connectivity index (χ4n) is 2.57. The number of amides is 1. The Bertz CT molecular complexity index is 1000. The standard InChI is InChI=1S/C19H15N3O4/c23-18-9-6-14-11-15(22(25)26)7-8-16(14)17(18)12-20-21-19(24)10-13-4-2-1-3-5-13/h1-9,11-12,23H,10H2,(H,21,24). The predicted molar refractivity (Wildman–Crippen MR) is 98.1 cm³/mol. The number of non-ortho nitro benzene ring substituents is 1. The molecule has 0 aliphatic rings. The van der Waals surface area contributed by atoms with Crippen molar-refractivity contribution in [1.82, 2.24) is 5.43 Å². The highest BCUT2D eigenvalue weighted by molar-refractivity contribution is 6.03. The molecule has 0 saturated heterocycles. The molecule has 7 heteroatoms. The Morgan fingerprint density at radius 1 is 1.15 bits per heavy atom. The Labute approximate surface area is 148 Å². The van der Waals surface area contributed by atoms with E-state index < -0.39 is 4.92 Å². The second kappa shape index (κ2) is 7.43. The number of rotatable bonds is 5. The van der Waals surface area contributed by atoms with Crippen LogP contribution < -0.4 is 5.43 Å². The molecule has 0 fully saturated rings. The van der Waals surface area contributed by atoms with Gasteiger partial charge in [0.25, 0.3) is 5.69 Å². The Morgan fingerprint density at radius 2 is 1.92 bits per heavy atom. The number of phenols is 1. The monoisotopic (exact) mass is 349 g/mol. The Kier molecular flexibility index (Phi) is 4.89. The molecular formula is C19H15N3O4. The van der Waals surface area contributed by atoms with Gasteiger partial charge in [-0.1, -0.05) is 36.4 Å². The highest BCUT2D eigenvalue weighted by atomic mass is 16.6. The number of phenolic OH excluding ortho intramolecular Hbond substituents is 1. The zero-order valence-electron chi connectivity index (χ0n) is 13.6. The molecule has 3 aromatic rings. The van der Waals surface area contributed by atoms with Crippen LogP contribution in [0, 0.1) is 10.1 Å². The normalized spacial score (nSPS) is 10.9. The number of fused-ring (bicyclic) bond motifs is 1. The molecule has 0 radical (unpaired) electrons. The SMILES string of the molecule is O=C(Cc1ccccc1)NN=Cc1c(O)ccc2cc([N+](=O)[O-])ccc12. The van der Waals surface area contributed by atoms with Crippen LogP contribution in [0.25, 0.3) is 10.8 Å². The summed E-state index contributed by atoms with van der Waals surface area (Å²) in [6.07, 6.45) is 1.51. The molecule has 26 heavy (non-hydrogen) atoms. The number of nitro groups is 1. The van der Waals surface area contributed by atoms with Gasteiger partial charge in [-0.25, -0.2) is 5.43 Å². The number of nitrogens with zero attached hydrogens (tertiary/aromatic N) is 2. The van der Waals surface area contributed by atoms with Gasteiger partial charge in [-0.2, -0.15) is 5.10 Å². The minimum atomic E-state index is -0.482. The van der Waals surface area contributed by atoms with Crippen LogP contribution in [-0.4, -0.2) is 22.2 Å². The van der Waals surface area contributed by atoms with E-state index in [1.54, 1.807) is 12.1 Å². The first kappa shape index (κ1) is 17.1. The first-order valence-electron chi connectivity index (χ1n) is 7.80. The summed E-state index contributed by atoms with van der Waals surface area (Å²) in [5, 5.41) is 26.0. The second-order valence-electron chi connectivity index (χ2n) is 5.62. The zero-order valence-corrected chi connectivity index (χ0v) is 13.6. The highest BCUT2D eigenvalue weighted by Gasteiger charge is 2.10. The summed E-state index contributed by atoms with van der Waals surface area (Å²) in [6, 6.07) is 16.6. The number of carbonyl (C=O) groups excluding carboxylic acids is 1. The van der Waals surface area contributed by atoms with Gasteiger partial charge in [0.05, 0.1) is 17.6 Å². The topological polar surface area (TPSA) is 105 Å². The van der Waals surface area contributed by atoms with Crippen molar-refractivity contribution in [2.75, 3.05) is 0 Å². The molecule has 7 nitrogen and oxygen atoms in total. The number of hydrogen-bond donors (Lipinski definition) is 2. The van der Waals surface area contributed by atoms with Crippen LogP contribution in [-0.2, 0) is 11.2 Å². The van der Waals surface area contributed by atoms with E-state index in [0.717, 1.165) is 5.56 Å². The van der Waals surface area contributed by atoms with Gasteiger partial charge in [0.15, 0.2) is 0 Å². The third-order valence-corrected chi connectivity index (χ3v) is 3.82. The highest BCUT2D eigenvalue weighted by Crippen LogP contribution is 2.28. The van der Waals surface area contributed by atoms with Crippen molar-refractivity contribution in [2.24, 2.45) is 5.10 Å². The maximum atomic E-state index is 11.9. The van der Waals surface area contributed by atoms with Crippen molar-refractivity contribution in [3.63, 3.8) is 0 Å². The van der Waals surface area contributed by atoms with Crippen LogP contribution in [0.4, 0.5) is 5.69 Å². The second-order valence-corrected chi connectivity index (χ2v) is 5.62. The number of hydrazone groups is 1. The maximum Gasteiger partial charge on any atom is 0.270 e. The number of aromatic hydroxyl groups is 1. The summed E-state index contributed by atoms with van der Waals surface area (Å²) >= 11 is 0. The fourth-order valence-corrected chi connectivity index (χ4v) is 2.57. The molecule has 3 rings (SSSR count). The van der Waals surface area contributed by atoms with Crippen LogP contribution >= 0.6 is 0 Å². The summed E-state index contributed by atoms with van der Waals surface area (Å²) < 4.78 is 0. The molecule has 3 aromatic carbocycles. The minimum Gasteiger partial charge on any atom is -0.507 e. The van der Waals surface area contributed by atoms with Crippen LogP contribution in [0.1, 0.15) is 11.1 Å². The quantitative estimate of drug-likeness (QED) is 0.419. The zero-order chi connectivity index (χ0) is 18.5. The van der Waals surface area contributed by atoms with E-state index in [9.17, 15) is 20.0 Å². The van der Waals surface area contributed by atoms with E-state index >= 15 is 0 Å². The van der Waals surface area contributed by atoms with E-state index in [4.69, 9.17) is 0 Å². The van der Waals surface area contributed by atoms with Gasteiger partial charge in [-0.3, -0.25) is 14.9 Å². The van der Waals surface area contributed by atoms with Crippen LogP contribution in [0.5, 0.6) is 5.75 Å². The van der Waals surface area contributed by atoms with E-state index in [1.165, 1.54) is 24.4 Å². The van der Waals surface area contributed by atoms with Gasteiger partial charge in [0, 0.05) is 17.7 Å². The van der Waals surface area contributed by atoms with Gasteiger partial charge < -0.3 is 5.11 Å². The average Bonchev–Trinajstić information content (AvgIpc) is 2.64. The van der Waals surface area contributed by atoms with Crippen LogP contribution in [0.2, 0.25) is 0 Å². The van der Waals surface area contributed by atoms with Crippen molar-refractivity contribution in [2.45, 2.75) is 6.42 Å². The first-order valence-corrected chi connectivity index (χ1v) is 7.80. The Balaban J connectivity index is 1.79. The molecule has 0 heterocycles. The molecule has 0 atom stereocenters. The number of nitrogens with one attached hydrogen (secondary N) is 1. The van der Waals surface area contributed by atoms with Gasteiger partial charge in [-0.15, -0.1) is 0 Å². The van der Waals surface area contributed by atoms with E-state index in [1.807, 2.05) is 30.3 Å². The van der Waals surface area contributed by atoms with Gasteiger partial charge >= 0.3 is 0 Å². The molecule has 0 aliphatic carbocycles. The van der Waals surface area contributed by atoms with Crippen molar-refractivity contribution < 1.29 is 14.8 Å². The average molecular weight is 349 g/mol. The molecular weight excluding hydrogens is 334 g/mol. The molecule has 2 N–H and O–H groups in total. The molecule has 130 valence electrons. The van der Waals surface area contributed by atoms with Crippen LogP contribution in [0.3, 0.4) is 0 Å². The minimum absolute atomic E-state index is 0.0348. The Morgan fingerprint density at radius 3 is 2.65 bits per heavy atom. The lowest BCUT2D eigenvalue weighted by molar-refractivity contribution is -0.384. The van der Waals surface area contributed by atoms with Gasteiger partial charge in [-0.05, 0) is 28.5 Å². The molecule has 1 amide bonds. The summed E-state index contributed by atoms with van der Waals surface area (Å²) in [5.41, 5.74) is 3.61. The van der Waals surface area contributed by atoms with Crippen molar-refractivity contribution in [3.8, 4) is 5.75 Å². The third-order valence-electron chi connectivity index (χ3n) is 3.82. The van der Waals surface area contributed by atoms with E-state index in [0.29, 0.717) is 16.3 Å². The lowest BCUT2D eigenvalue weighted by Gasteiger charge is -2.05. The van der Waals surface area contributed by atoms with E-state index in [-0.39, 0.29) is 23.8 Å². The molecule has 0 unspecified atom stereocenters. The first-order chi connectivity index (χ1) is 12.5. The van der Waals surface area contributed by atoms with Crippen LogP contribution in [0.15, 0.2) is 65.8 Å². The number of nitro benzene ring substituents is 1. The summed E-state index contributed by atoms with van der Waals surface area (Å²) in [5.74, 6) is -0.324. The fraction of sp³-hybridized carbons (Fsp3) is 0.0526. The molecule has 0 aromatic heterocycles. The van der Waals surface area contributed by atoms with Gasteiger partial charge in [0.1, 0.15) is 5.75 Å². The van der Waals surface area contributed by atoms with Crippen molar-refractivity contribution in [3.05, 3.63) is 81.9 Å². The number of carbonyl (C=O) groups is 1. The van der Waals surface area contributed by atoms with E-state index in [2.05, 4.69) is 10.5 Å². The largest absolute Gasteiger partial charge is 0.507 e. The summed E-state index contributed by atoms with van der Waals surface area (Å²) in [6.45, 7) is 0.